The summed E-state index contributed by atoms with van der Waals surface area (Å²) in [6.07, 6.45) is -0.381. The molecule has 1 aliphatic rings. The highest BCUT2D eigenvalue weighted by Gasteiger charge is 2.24. The quantitative estimate of drug-likeness (QED) is 0.792. The average molecular weight is 208 g/mol. The maximum atomic E-state index is 10.9. The Morgan fingerprint density at radius 2 is 2.40 bits per heavy atom. The maximum Gasteiger partial charge on any atom is 0.407 e. The fourth-order valence-electron chi connectivity index (χ4n) is 1.53. The van der Waals surface area contributed by atoms with Crippen LogP contribution in [0.2, 0.25) is 0 Å². The van der Waals surface area contributed by atoms with Gasteiger partial charge in [-0.15, -0.1) is 0 Å². The number of carbonyl (C=O) groups excluding carboxylic acids is 1. The summed E-state index contributed by atoms with van der Waals surface area (Å²) >= 11 is 0. The fourth-order valence-corrected chi connectivity index (χ4v) is 1.53. The van der Waals surface area contributed by atoms with Crippen LogP contribution in [0.15, 0.2) is 12.1 Å². The standard InChI is InChI=1S/C10H12N2O3/c1-6-3-7(4-9(11-6)14-2)8-5-15-10(13)12-8/h3-4,8H,5H2,1-2H3,(H,12,13). The van der Waals surface area contributed by atoms with Gasteiger partial charge in [-0.1, -0.05) is 0 Å². The number of nitrogens with zero attached hydrogens (tertiary/aromatic N) is 1. The van der Waals surface area contributed by atoms with Gasteiger partial charge in [-0.05, 0) is 18.6 Å². The topological polar surface area (TPSA) is 60.5 Å². The van der Waals surface area contributed by atoms with E-state index in [1.165, 1.54) is 0 Å². The highest BCUT2D eigenvalue weighted by molar-refractivity contribution is 5.70. The number of hydrogen-bond donors (Lipinski definition) is 1. The van der Waals surface area contributed by atoms with E-state index in [-0.39, 0.29) is 12.1 Å². The molecule has 5 nitrogen and oxygen atoms in total. The number of cyclic esters (lactones) is 1. The van der Waals surface area contributed by atoms with Crippen molar-refractivity contribution in [1.82, 2.24) is 10.3 Å². The molecule has 2 rings (SSSR count). The smallest absolute Gasteiger partial charge is 0.407 e. The molecule has 0 saturated carbocycles. The molecular formula is C10H12N2O3. The number of hydrogen-bond acceptors (Lipinski definition) is 4. The summed E-state index contributed by atoms with van der Waals surface area (Å²) in [6.45, 7) is 2.23. The largest absolute Gasteiger partial charge is 0.481 e. The van der Waals surface area contributed by atoms with E-state index in [2.05, 4.69) is 10.3 Å². The molecule has 1 unspecified atom stereocenters. The molecule has 0 aromatic carbocycles. The lowest BCUT2D eigenvalue weighted by Crippen LogP contribution is -2.18. The Hall–Kier alpha value is -1.78. The third-order valence-corrected chi connectivity index (χ3v) is 2.24. The van der Waals surface area contributed by atoms with Gasteiger partial charge >= 0.3 is 6.09 Å². The first-order valence-electron chi connectivity index (χ1n) is 4.65. The van der Waals surface area contributed by atoms with E-state index in [1.54, 1.807) is 13.2 Å². The van der Waals surface area contributed by atoms with Crippen molar-refractivity contribution in [2.75, 3.05) is 13.7 Å². The molecule has 0 radical (unpaired) electrons. The number of carbonyl (C=O) groups is 1. The second kappa shape index (κ2) is 3.76. The van der Waals surface area contributed by atoms with Crippen LogP contribution in [-0.4, -0.2) is 24.8 Å². The number of alkyl carbamates (subject to hydrolysis) is 1. The summed E-state index contributed by atoms with van der Waals surface area (Å²) in [5.41, 5.74) is 1.80. The van der Waals surface area contributed by atoms with Crippen molar-refractivity contribution < 1.29 is 14.3 Å². The Labute approximate surface area is 87.4 Å². The first-order valence-corrected chi connectivity index (χ1v) is 4.65. The van der Waals surface area contributed by atoms with Gasteiger partial charge in [0.1, 0.15) is 6.61 Å². The van der Waals surface area contributed by atoms with Gasteiger partial charge in [0.2, 0.25) is 5.88 Å². The lowest BCUT2D eigenvalue weighted by molar-refractivity contribution is 0.177. The van der Waals surface area contributed by atoms with E-state index in [1.807, 2.05) is 13.0 Å². The number of methoxy groups -OCH3 is 1. The van der Waals surface area contributed by atoms with Crippen molar-refractivity contribution in [2.45, 2.75) is 13.0 Å². The molecule has 0 aliphatic carbocycles. The molecule has 1 aliphatic heterocycles. The van der Waals surface area contributed by atoms with E-state index in [4.69, 9.17) is 9.47 Å². The lowest BCUT2D eigenvalue weighted by Gasteiger charge is -2.09. The van der Waals surface area contributed by atoms with Crippen molar-refractivity contribution in [3.63, 3.8) is 0 Å². The third kappa shape index (κ3) is 2.01. The van der Waals surface area contributed by atoms with Crippen LogP contribution in [0.3, 0.4) is 0 Å². The Kier molecular flexibility index (Phi) is 2.45. The van der Waals surface area contributed by atoms with Gasteiger partial charge in [0.25, 0.3) is 0 Å². The highest BCUT2D eigenvalue weighted by atomic mass is 16.6. The molecule has 0 bridgehead atoms. The van der Waals surface area contributed by atoms with Gasteiger partial charge in [-0.25, -0.2) is 9.78 Å². The van der Waals surface area contributed by atoms with Crippen molar-refractivity contribution in [2.24, 2.45) is 0 Å². The average Bonchev–Trinajstić information content (AvgIpc) is 2.64. The summed E-state index contributed by atoms with van der Waals surface area (Å²) < 4.78 is 9.88. The molecule has 2 heterocycles. The van der Waals surface area contributed by atoms with Crippen molar-refractivity contribution in [3.05, 3.63) is 23.4 Å². The fraction of sp³-hybridized carbons (Fsp3) is 0.400. The molecule has 5 heteroatoms. The van der Waals surface area contributed by atoms with Crippen LogP contribution < -0.4 is 10.1 Å². The van der Waals surface area contributed by atoms with Crippen LogP contribution in [0.25, 0.3) is 0 Å². The molecule has 15 heavy (non-hydrogen) atoms. The predicted molar refractivity (Wildman–Crippen MR) is 52.8 cm³/mol. The minimum atomic E-state index is -0.381. The molecule has 1 saturated heterocycles. The number of aryl methyl sites for hydroxylation is 1. The molecular weight excluding hydrogens is 196 g/mol. The van der Waals surface area contributed by atoms with Crippen LogP contribution in [0.5, 0.6) is 5.88 Å². The number of ether oxygens (including phenoxy) is 2. The van der Waals surface area contributed by atoms with Crippen LogP contribution in [-0.2, 0) is 4.74 Å². The van der Waals surface area contributed by atoms with E-state index in [9.17, 15) is 4.79 Å². The Balaban J connectivity index is 2.27. The zero-order chi connectivity index (χ0) is 10.8. The SMILES string of the molecule is COc1cc(C2COC(=O)N2)cc(C)n1. The second-order valence-corrected chi connectivity index (χ2v) is 3.38. The van der Waals surface area contributed by atoms with Crippen LogP contribution in [0.4, 0.5) is 4.79 Å². The summed E-state index contributed by atoms with van der Waals surface area (Å²) in [5.74, 6) is 0.547. The lowest BCUT2D eigenvalue weighted by atomic mass is 10.1. The molecule has 1 atom stereocenters. The molecule has 1 aromatic heterocycles. The zero-order valence-corrected chi connectivity index (χ0v) is 8.61. The highest BCUT2D eigenvalue weighted by Crippen LogP contribution is 2.21. The Bertz CT molecular complexity index is 392. The van der Waals surface area contributed by atoms with Gasteiger partial charge in [0.15, 0.2) is 0 Å². The summed E-state index contributed by atoms with van der Waals surface area (Å²) in [6, 6.07) is 3.60. The third-order valence-electron chi connectivity index (χ3n) is 2.24. The van der Waals surface area contributed by atoms with Gasteiger partial charge < -0.3 is 14.8 Å². The molecule has 80 valence electrons. The molecule has 1 aromatic rings. The summed E-state index contributed by atoms with van der Waals surface area (Å²) in [4.78, 5) is 15.1. The van der Waals surface area contributed by atoms with Crippen molar-refractivity contribution in [1.29, 1.82) is 0 Å². The van der Waals surface area contributed by atoms with E-state index in [0.29, 0.717) is 12.5 Å². The maximum absolute atomic E-state index is 10.9. The van der Waals surface area contributed by atoms with E-state index >= 15 is 0 Å². The Morgan fingerprint density at radius 1 is 1.60 bits per heavy atom. The molecule has 1 amide bonds. The molecule has 0 spiro atoms. The minimum Gasteiger partial charge on any atom is -0.481 e. The van der Waals surface area contributed by atoms with Gasteiger partial charge in [-0.2, -0.15) is 0 Å². The minimum absolute atomic E-state index is 0.104. The van der Waals surface area contributed by atoms with Crippen LogP contribution >= 0.6 is 0 Å². The van der Waals surface area contributed by atoms with Gasteiger partial charge in [0.05, 0.1) is 13.2 Å². The molecule has 1 N–H and O–H groups in total. The number of aromatic nitrogens is 1. The van der Waals surface area contributed by atoms with E-state index < -0.39 is 0 Å². The predicted octanol–water partition coefficient (Wildman–Crippen LogP) is 1.18. The monoisotopic (exact) mass is 208 g/mol. The zero-order valence-electron chi connectivity index (χ0n) is 8.61. The van der Waals surface area contributed by atoms with Crippen molar-refractivity contribution >= 4 is 6.09 Å². The first kappa shape index (κ1) is 9.76. The van der Waals surface area contributed by atoms with Gasteiger partial charge in [-0.3, -0.25) is 0 Å². The normalized spacial score (nSPS) is 19.6. The number of amides is 1. The second-order valence-electron chi connectivity index (χ2n) is 3.38. The van der Waals surface area contributed by atoms with Crippen molar-refractivity contribution in [3.8, 4) is 5.88 Å². The van der Waals surface area contributed by atoms with Gasteiger partial charge in [0, 0.05) is 11.8 Å². The summed E-state index contributed by atoms with van der Waals surface area (Å²) in [7, 11) is 1.56. The van der Waals surface area contributed by atoms with Crippen LogP contribution in [0.1, 0.15) is 17.3 Å². The summed E-state index contributed by atoms with van der Waals surface area (Å²) in [5, 5.41) is 2.70. The van der Waals surface area contributed by atoms with Crippen LogP contribution in [0, 0.1) is 6.92 Å². The Morgan fingerprint density at radius 3 is 3.00 bits per heavy atom. The number of pyridine rings is 1. The first-order chi connectivity index (χ1) is 7.19. The molecule has 1 fully saturated rings. The number of rotatable bonds is 2. The van der Waals surface area contributed by atoms with E-state index in [0.717, 1.165) is 11.3 Å². The number of nitrogens with one attached hydrogen (secondary N) is 1.